The molecule has 0 aliphatic carbocycles. The van der Waals surface area contributed by atoms with Crippen LogP contribution in [0.2, 0.25) is 0 Å². The minimum atomic E-state index is -1.11. The highest BCUT2D eigenvalue weighted by molar-refractivity contribution is 5.80. The number of hydrogen-bond donors (Lipinski definition) is 0. The Morgan fingerprint density at radius 2 is 1.79 bits per heavy atom. The average molecular weight is 587 g/mol. The van der Waals surface area contributed by atoms with Crippen molar-refractivity contribution in [2.75, 3.05) is 19.7 Å². The molecule has 1 amide bonds. The lowest BCUT2D eigenvalue weighted by Crippen LogP contribution is -2.48. The Morgan fingerprint density at radius 3 is 2.43 bits per heavy atom. The molecular formula is C30H33F3N4O5. The summed E-state index contributed by atoms with van der Waals surface area (Å²) in [4.78, 5) is 31.7. The Bertz CT molecular complexity index is 1590. The van der Waals surface area contributed by atoms with Crippen LogP contribution in [0.25, 0.3) is 10.9 Å². The van der Waals surface area contributed by atoms with Crippen molar-refractivity contribution in [1.29, 1.82) is 5.26 Å². The first-order valence-corrected chi connectivity index (χ1v) is 13.8. The normalized spacial score (nSPS) is 17.9. The van der Waals surface area contributed by atoms with Crippen LogP contribution in [0, 0.1) is 28.8 Å². The molecule has 2 saturated heterocycles. The van der Waals surface area contributed by atoms with Gasteiger partial charge >= 0.3 is 6.09 Å². The predicted octanol–water partition coefficient (Wildman–Crippen LogP) is 6.24. The molecule has 0 N–H and O–H groups in total. The molecule has 42 heavy (non-hydrogen) atoms. The van der Waals surface area contributed by atoms with E-state index in [1.165, 1.54) is 23.0 Å². The van der Waals surface area contributed by atoms with Crippen molar-refractivity contribution >= 4 is 17.0 Å². The smallest absolute Gasteiger partial charge is 0.410 e. The van der Waals surface area contributed by atoms with Gasteiger partial charge in [-0.05, 0) is 64.3 Å². The molecule has 0 radical (unpaired) electrons. The van der Waals surface area contributed by atoms with Crippen LogP contribution in [-0.2, 0) is 9.47 Å². The van der Waals surface area contributed by atoms with E-state index in [0.717, 1.165) is 18.2 Å². The fourth-order valence-corrected chi connectivity index (χ4v) is 5.12. The fourth-order valence-electron chi connectivity index (χ4n) is 5.12. The summed E-state index contributed by atoms with van der Waals surface area (Å²) < 4.78 is 62.0. The van der Waals surface area contributed by atoms with Crippen molar-refractivity contribution in [3.8, 4) is 17.6 Å². The van der Waals surface area contributed by atoms with Gasteiger partial charge in [-0.25, -0.2) is 22.9 Å². The number of nitrogens with zero attached hydrogens (tertiary/aromatic N) is 4. The van der Waals surface area contributed by atoms with Crippen LogP contribution in [0.5, 0.6) is 11.5 Å². The Labute approximate surface area is 241 Å². The Hall–Kier alpha value is -4.11. The molecule has 1 atom stereocenters. The molecule has 3 aromatic rings. The zero-order valence-corrected chi connectivity index (χ0v) is 24.2. The van der Waals surface area contributed by atoms with E-state index in [2.05, 4.69) is 4.98 Å². The number of ether oxygens (including phenoxy) is 3. The lowest BCUT2D eigenvalue weighted by Gasteiger charge is -2.39. The summed E-state index contributed by atoms with van der Waals surface area (Å²) in [6.07, 6.45) is 2.49. The van der Waals surface area contributed by atoms with Crippen LogP contribution in [0.1, 0.15) is 65.5 Å². The molecule has 2 aliphatic rings. The number of nitriles is 1. The zero-order valence-electron chi connectivity index (χ0n) is 24.2. The Balaban J connectivity index is 0.00000198. The molecular weight excluding hydrogens is 553 g/mol. The molecule has 2 aliphatic heterocycles. The van der Waals surface area contributed by atoms with Gasteiger partial charge in [0.2, 0.25) is 0 Å². The van der Waals surface area contributed by atoms with E-state index in [0.29, 0.717) is 32.4 Å². The Morgan fingerprint density at radius 1 is 1.12 bits per heavy atom. The number of likely N-dealkylation sites (tertiary alicyclic amines) is 1. The maximum atomic E-state index is 15.6. The molecule has 2 aromatic carbocycles. The molecule has 1 unspecified atom stereocenters. The van der Waals surface area contributed by atoms with Crippen LogP contribution >= 0.6 is 0 Å². The Kier molecular flexibility index (Phi) is 8.82. The first-order valence-electron chi connectivity index (χ1n) is 13.8. The van der Waals surface area contributed by atoms with Crippen molar-refractivity contribution in [3.05, 3.63) is 64.0 Å². The van der Waals surface area contributed by atoms with Crippen LogP contribution < -0.4 is 10.3 Å². The minimum Gasteiger partial charge on any atom is -0.450 e. The van der Waals surface area contributed by atoms with Crippen LogP contribution in [0.4, 0.5) is 18.0 Å². The molecule has 0 bridgehead atoms. The number of aromatic nitrogens is 2. The quantitative estimate of drug-likeness (QED) is 0.358. The van der Waals surface area contributed by atoms with Crippen LogP contribution in [-0.4, -0.2) is 51.4 Å². The molecule has 12 heteroatoms. The number of carbonyl (C=O) groups is 1. The maximum Gasteiger partial charge on any atom is 0.410 e. The van der Waals surface area contributed by atoms with E-state index in [9.17, 15) is 23.6 Å². The SMILES string of the molecule is CC.CC(C)(C)OC(=O)N1CCC2(CC1)CC(n1cnc3ccc(Oc4c(F)ccc(F)c4C#N)c(F)c3c1=O)CO2. The molecule has 5 rings (SSSR count). The van der Waals surface area contributed by atoms with Crippen LogP contribution in [0.15, 0.2) is 35.4 Å². The largest absolute Gasteiger partial charge is 0.450 e. The summed E-state index contributed by atoms with van der Waals surface area (Å²) in [5.74, 6) is -4.55. The molecule has 1 aromatic heterocycles. The minimum absolute atomic E-state index is 0.0469. The van der Waals surface area contributed by atoms with Crippen molar-refractivity contribution in [2.24, 2.45) is 0 Å². The number of amides is 1. The van der Waals surface area contributed by atoms with E-state index in [-0.39, 0.29) is 18.2 Å². The van der Waals surface area contributed by atoms with Crippen molar-refractivity contribution in [3.63, 3.8) is 0 Å². The number of carbonyl (C=O) groups excluding carboxylic acids is 1. The summed E-state index contributed by atoms with van der Waals surface area (Å²) in [6.45, 7) is 10.5. The maximum absolute atomic E-state index is 15.6. The van der Waals surface area contributed by atoms with Crippen molar-refractivity contribution in [1.82, 2.24) is 14.5 Å². The van der Waals surface area contributed by atoms with Gasteiger partial charge in [-0.2, -0.15) is 5.26 Å². The van der Waals surface area contributed by atoms with Gasteiger partial charge in [-0.15, -0.1) is 0 Å². The number of halogens is 3. The molecule has 0 saturated carbocycles. The predicted molar refractivity (Wildman–Crippen MR) is 148 cm³/mol. The van der Waals surface area contributed by atoms with Crippen molar-refractivity contribution in [2.45, 2.75) is 71.1 Å². The summed E-state index contributed by atoms with van der Waals surface area (Å²) in [5.41, 5.74) is -2.52. The standard InChI is InChI=1S/C28H27F3N4O5.C2H6/c1-27(2,3)40-26(37)34-10-8-28(9-11-34)12-16(14-38-28)35-15-33-20-6-7-21(23(31)22(20)25(35)36)39-24-17(13-32)18(29)4-5-19(24)30;1-2/h4-7,15-16H,8-12,14H2,1-3H3;1-2H3. The van der Waals surface area contributed by atoms with Gasteiger partial charge in [0.15, 0.2) is 23.1 Å². The monoisotopic (exact) mass is 586 g/mol. The number of hydrogen-bond acceptors (Lipinski definition) is 7. The number of benzene rings is 2. The fraction of sp³-hybridized carbons (Fsp3) is 0.467. The summed E-state index contributed by atoms with van der Waals surface area (Å²) >= 11 is 0. The first kappa shape index (κ1) is 30.8. The van der Waals surface area contributed by atoms with Crippen molar-refractivity contribution < 1.29 is 32.2 Å². The molecule has 224 valence electrons. The van der Waals surface area contributed by atoms with E-state index in [4.69, 9.17) is 14.2 Å². The summed E-state index contributed by atoms with van der Waals surface area (Å²) in [5, 5.41) is 8.81. The lowest BCUT2D eigenvalue weighted by atomic mass is 9.87. The number of fused-ring (bicyclic) bond motifs is 1. The zero-order chi connectivity index (χ0) is 30.8. The van der Waals surface area contributed by atoms with E-state index in [1.807, 2.05) is 13.8 Å². The first-order chi connectivity index (χ1) is 19.9. The molecule has 9 nitrogen and oxygen atoms in total. The summed E-state index contributed by atoms with van der Waals surface area (Å²) in [7, 11) is 0. The summed E-state index contributed by atoms with van der Waals surface area (Å²) in [6, 6.07) is 5.04. The van der Waals surface area contributed by atoms with Gasteiger partial charge in [0.05, 0.1) is 30.1 Å². The second kappa shape index (κ2) is 12.0. The van der Waals surface area contributed by atoms with Gasteiger partial charge in [0.1, 0.15) is 28.4 Å². The van der Waals surface area contributed by atoms with Crippen LogP contribution in [0.3, 0.4) is 0 Å². The van der Waals surface area contributed by atoms with Gasteiger partial charge in [0.25, 0.3) is 5.56 Å². The van der Waals surface area contributed by atoms with Gasteiger partial charge in [-0.1, -0.05) is 13.8 Å². The molecule has 2 fully saturated rings. The second-order valence-corrected chi connectivity index (χ2v) is 11.0. The second-order valence-electron chi connectivity index (χ2n) is 11.0. The highest BCUT2D eigenvalue weighted by Gasteiger charge is 2.45. The van der Waals surface area contributed by atoms with Gasteiger partial charge in [-0.3, -0.25) is 9.36 Å². The lowest BCUT2D eigenvalue weighted by molar-refractivity contribution is -0.0486. The number of rotatable bonds is 3. The van der Waals surface area contributed by atoms with E-state index in [1.54, 1.807) is 25.7 Å². The number of piperidine rings is 1. The third kappa shape index (κ3) is 6.06. The van der Waals surface area contributed by atoms with Gasteiger partial charge < -0.3 is 19.1 Å². The average Bonchev–Trinajstić information content (AvgIpc) is 3.35. The topological polar surface area (TPSA) is 107 Å². The third-order valence-corrected chi connectivity index (χ3v) is 7.15. The molecule has 3 heterocycles. The highest BCUT2D eigenvalue weighted by atomic mass is 19.1. The highest BCUT2D eigenvalue weighted by Crippen LogP contribution is 2.41. The van der Waals surface area contributed by atoms with E-state index >= 15 is 4.39 Å². The molecule has 1 spiro atoms. The van der Waals surface area contributed by atoms with E-state index < -0.39 is 62.7 Å². The van der Waals surface area contributed by atoms with Gasteiger partial charge in [0, 0.05) is 13.1 Å². The third-order valence-electron chi connectivity index (χ3n) is 7.15.